The molecule has 15 heavy (non-hydrogen) atoms. The third kappa shape index (κ3) is 3.72. The quantitative estimate of drug-likeness (QED) is 0.874. The Morgan fingerprint density at radius 1 is 1.33 bits per heavy atom. The molecule has 0 spiro atoms. The number of halogens is 3. The molecule has 0 radical (unpaired) electrons. The number of hydrogen-bond acceptors (Lipinski definition) is 2. The van der Waals surface area contributed by atoms with Crippen LogP contribution in [0.3, 0.4) is 0 Å². The topological polar surface area (TPSA) is 46.2 Å². The maximum Gasteiger partial charge on any atom is 0.152 e. The first-order valence-corrected chi connectivity index (χ1v) is 5.25. The highest BCUT2D eigenvalue weighted by molar-refractivity contribution is 6.37. The predicted molar refractivity (Wildman–Crippen MR) is 67.2 cm³/mol. The van der Waals surface area contributed by atoms with Crippen molar-refractivity contribution in [3.05, 3.63) is 27.7 Å². The van der Waals surface area contributed by atoms with E-state index in [2.05, 4.69) is 6.92 Å². The molecular formula is C10H14Cl3NO. The molecular weight excluding hydrogens is 256 g/mol. The summed E-state index contributed by atoms with van der Waals surface area (Å²) in [7, 11) is 0. The zero-order valence-electron chi connectivity index (χ0n) is 8.34. The fraction of sp³-hybridized carbons (Fsp3) is 0.400. The van der Waals surface area contributed by atoms with Crippen LogP contribution in [-0.2, 0) is 0 Å². The van der Waals surface area contributed by atoms with E-state index in [0.29, 0.717) is 0 Å². The minimum absolute atomic E-state index is 0. The number of phenols is 1. The SMILES string of the molecule is CCC[C@H](N)c1cc(Cl)c(O)c(Cl)c1.Cl. The zero-order chi connectivity index (χ0) is 10.7. The second-order valence-corrected chi connectivity index (χ2v) is 4.04. The van der Waals surface area contributed by atoms with E-state index in [1.165, 1.54) is 0 Å². The summed E-state index contributed by atoms with van der Waals surface area (Å²) < 4.78 is 0. The van der Waals surface area contributed by atoms with Crippen LogP contribution in [0.5, 0.6) is 5.75 Å². The lowest BCUT2D eigenvalue weighted by Crippen LogP contribution is -2.09. The van der Waals surface area contributed by atoms with E-state index >= 15 is 0 Å². The molecule has 1 aromatic rings. The summed E-state index contributed by atoms with van der Waals surface area (Å²) in [5, 5.41) is 9.84. The van der Waals surface area contributed by atoms with Gasteiger partial charge in [-0.05, 0) is 24.1 Å². The minimum atomic E-state index is -0.0826. The smallest absolute Gasteiger partial charge is 0.152 e. The van der Waals surface area contributed by atoms with E-state index in [1.807, 2.05) is 0 Å². The summed E-state index contributed by atoms with van der Waals surface area (Å²) >= 11 is 11.5. The predicted octanol–water partition coefficient (Wildman–Crippen LogP) is 3.92. The Morgan fingerprint density at radius 3 is 2.20 bits per heavy atom. The van der Waals surface area contributed by atoms with Gasteiger partial charge in [0.05, 0.1) is 10.0 Å². The van der Waals surface area contributed by atoms with E-state index < -0.39 is 0 Å². The van der Waals surface area contributed by atoms with Crippen LogP contribution in [0.1, 0.15) is 31.4 Å². The maximum absolute atomic E-state index is 9.34. The summed E-state index contributed by atoms with van der Waals surface area (Å²) in [5.74, 6) is -0.0826. The number of rotatable bonds is 3. The molecule has 0 saturated heterocycles. The second kappa shape index (κ2) is 6.44. The van der Waals surface area contributed by atoms with Gasteiger partial charge in [0.15, 0.2) is 5.75 Å². The van der Waals surface area contributed by atoms with Gasteiger partial charge in [-0.25, -0.2) is 0 Å². The van der Waals surface area contributed by atoms with E-state index in [4.69, 9.17) is 28.9 Å². The highest BCUT2D eigenvalue weighted by Crippen LogP contribution is 2.34. The van der Waals surface area contributed by atoms with Gasteiger partial charge in [0, 0.05) is 6.04 Å². The van der Waals surface area contributed by atoms with Crippen molar-refractivity contribution >= 4 is 35.6 Å². The van der Waals surface area contributed by atoms with Crippen molar-refractivity contribution in [3.63, 3.8) is 0 Å². The van der Waals surface area contributed by atoms with Gasteiger partial charge in [-0.2, -0.15) is 0 Å². The van der Waals surface area contributed by atoms with E-state index in [9.17, 15) is 5.11 Å². The largest absolute Gasteiger partial charge is 0.505 e. The summed E-state index contributed by atoms with van der Waals surface area (Å²) in [6.45, 7) is 2.06. The summed E-state index contributed by atoms with van der Waals surface area (Å²) in [6.07, 6.45) is 1.87. The Labute approximate surface area is 106 Å². The Balaban J connectivity index is 0.00000196. The number of nitrogens with two attached hydrogens (primary N) is 1. The highest BCUT2D eigenvalue weighted by atomic mass is 35.5. The maximum atomic E-state index is 9.34. The van der Waals surface area contributed by atoms with Gasteiger partial charge < -0.3 is 10.8 Å². The molecule has 1 atom stereocenters. The van der Waals surface area contributed by atoms with Crippen molar-refractivity contribution < 1.29 is 5.11 Å². The van der Waals surface area contributed by atoms with Gasteiger partial charge >= 0.3 is 0 Å². The van der Waals surface area contributed by atoms with Crippen molar-refractivity contribution in [2.45, 2.75) is 25.8 Å². The molecule has 1 rings (SSSR count). The van der Waals surface area contributed by atoms with Crippen molar-refractivity contribution in [2.75, 3.05) is 0 Å². The van der Waals surface area contributed by atoms with Gasteiger partial charge in [0.2, 0.25) is 0 Å². The van der Waals surface area contributed by atoms with Gasteiger partial charge in [-0.15, -0.1) is 12.4 Å². The van der Waals surface area contributed by atoms with Crippen molar-refractivity contribution in [1.82, 2.24) is 0 Å². The number of benzene rings is 1. The fourth-order valence-electron chi connectivity index (χ4n) is 1.28. The highest BCUT2D eigenvalue weighted by Gasteiger charge is 2.11. The van der Waals surface area contributed by atoms with Crippen LogP contribution in [0, 0.1) is 0 Å². The molecule has 0 aliphatic rings. The minimum Gasteiger partial charge on any atom is -0.505 e. The van der Waals surface area contributed by atoms with Crippen molar-refractivity contribution in [3.8, 4) is 5.75 Å². The van der Waals surface area contributed by atoms with Crippen LogP contribution >= 0.6 is 35.6 Å². The molecule has 0 heterocycles. The molecule has 5 heteroatoms. The molecule has 0 amide bonds. The first kappa shape index (κ1) is 14.8. The summed E-state index contributed by atoms with van der Waals surface area (Å²) in [5.41, 5.74) is 6.76. The molecule has 0 aliphatic heterocycles. The van der Waals surface area contributed by atoms with E-state index in [0.717, 1.165) is 18.4 Å². The van der Waals surface area contributed by atoms with Gasteiger partial charge in [-0.3, -0.25) is 0 Å². The lowest BCUT2D eigenvalue weighted by Gasteiger charge is -2.12. The summed E-state index contributed by atoms with van der Waals surface area (Å²) in [6, 6.07) is 3.24. The van der Waals surface area contributed by atoms with E-state index in [-0.39, 0.29) is 34.2 Å². The Hall–Kier alpha value is -0.150. The average Bonchev–Trinajstić information content (AvgIpc) is 2.13. The molecule has 0 fully saturated rings. The van der Waals surface area contributed by atoms with Gasteiger partial charge in [0.25, 0.3) is 0 Å². The van der Waals surface area contributed by atoms with Crippen LogP contribution in [0.2, 0.25) is 10.0 Å². The van der Waals surface area contributed by atoms with Crippen LogP contribution in [0.25, 0.3) is 0 Å². The lowest BCUT2D eigenvalue weighted by molar-refractivity contribution is 0.475. The molecule has 0 aromatic heterocycles. The van der Waals surface area contributed by atoms with Crippen LogP contribution in [0.15, 0.2) is 12.1 Å². The van der Waals surface area contributed by atoms with Crippen LogP contribution in [0.4, 0.5) is 0 Å². The lowest BCUT2D eigenvalue weighted by atomic mass is 10.0. The Morgan fingerprint density at radius 2 is 1.80 bits per heavy atom. The second-order valence-electron chi connectivity index (χ2n) is 3.23. The van der Waals surface area contributed by atoms with E-state index in [1.54, 1.807) is 12.1 Å². The van der Waals surface area contributed by atoms with Gasteiger partial charge in [-0.1, -0.05) is 36.5 Å². The molecule has 0 unspecified atom stereocenters. The normalized spacial score (nSPS) is 12.0. The standard InChI is InChI=1S/C10H13Cl2NO.ClH/c1-2-3-9(13)6-4-7(11)10(14)8(12)5-6;/h4-5,9,14H,2-3,13H2,1H3;1H/t9-;/m0./s1. The molecule has 0 saturated carbocycles. The molecule has 0 bridgehead atoms. The monoisotopic (exact) mass is 269 g/mol. The average molecular weight is 271 g/mol. The Bertz CT molecular complexity index is 307. The number of aromatic hydroxyl groups is 1. The van der Waals surface area contributed by atoms with Gasteiger partial charge in [0.1, 0.15) is 0 Å². The fourth-order valence-corrected chi connectivity index (χ4v) is 1.78. The molecule has 1 aromatic carbocycles. The number of phenolic OH excluding ortho intramolecular Hbond substituents is 1. The molecule has 86 valence electrons. The Kier molecular flexibility index (Phi) is 6.37. The molecule has 0 aliphatic carbocycles. The third-order valence-electron chi connectivity index (χ3n) is 2.07. The van der Waals surface area contributed by atoms with Crippen LogP contribution < -0.4 is 5.73 Å². The van der Waals surface area contributed by atoms with Crippen molar-refractivity contribution in [1.29, 1.82) is 0 Å². The first-order valence-electron chi connectivity index (χ1n) is 4.49. The number of hydrogen-bond donors (Lipinski definition) is 2. The zero-order valence-corrected chi connectivity index (χ0v) is 10.7. The molecule has 2 nitrogen and oxygen atoms in total. The van der Waals surface area contributed by atoms with Crippen molar-refractivity contribution in [2.24, 2.45) is 5.73 Å². The third-order valence-corrected chi connectivity index (χ3v) is 2.64. The first-order chi connectivity index (χ1) is 6.56. The van der Waals surface area contributed by atoms with Crippen LogP contribution in [-0.4, -0.2) is 5.11 Å². The summed E-state index contributed by atoms with van der Waals surface area (Å²) in [4.78, 5) is 0. The molecule has 3 N–H and O–H groups in total.